The summed E-state index contributed by atoms with van der Waals surface area (Å²) in [6.45, 7) is -0.746. The van der Waals surface area contributed by atoms with Crippen molar-refractivity contribution in [2.75, 3.05) is 19.0 Å². The van der Waals surface area contributed by atoms with Gasteiger partial charge in [-0.15, -0.1) is 11.6 Å². The van der Waals surface area contributed by atoms with Gasteiger partial charge in [0, 0.05) is 12.4 Å². The molecule has 0 heterocycles. The topological polar surface area (TPSA) is 20.3 Å². The highest BCUT2D eigenvalue weighted by Gasteiger charge is 2.18. The molecule has 0 aliphatic heterocycles. The summed E-state index contributed by atoms with van der Waals surface area (Å²) in [7, 11) is 0. The number of benzene rings is 1. The molecule has 0 saturated carbocycles. The largest absolute Gasteiger partial charge is 0.335 e. The first-order chi connectivity index (χ1) is 8.93. The lowest BCUT2D eigenvalue weighted by Gasteiger charge is -2.21. The number of amides is 1. The summed E-state index contributed by atoms with van der Waals surface area (Å²) >= 11 is 5.42. The predicted molar refractivity (Wildman–Crippen MR) is 63.4 cm³/mol. The van der Waals surface area contributed by atoms with Gasteiger partial charge in [0.15, 0.2) is 11.6 Å². The van der Waals surface area contributed by atoms with E-state index in [0.29, 0.717) is 0 Å². The maximum atomic E-state index is 12.9. The number of halogens is 5. The smallest absolute Gasteiger partial charge is 0.255 e. The van der Waals surface area contributed by atoms with Gasteiger partial charge in [0.25, 0.3) is 6.43 Å². The highest BCUT2D eigenvalue weighted by Crippen LogP contribution is 2.11. The van der Waals surface area contributed by atoms with Gasteiger partial charge in [0.1, 0.15) is 0 Å². The Morgan fingerprint density at radius 3 is 2.47 bits per heavy atom. The summed E-state index contributed by atoms with van der Waals surface area (Å²) in [5.74, 6) is -2.69. The van der Waals surface area contributed by atoms with E-state index >= 15 is 0 Å². The minimum Gasteiger partial charge on any atom is -0.335 e. The standard InChI is InChI=1S/C12H12ClF4NO/c13-3-4-18(7-11(16)17)12(19)6-8-1-2-9(14)10(15)5-8/h1-2,5,11H,3-4,6-7H2. The monoisotopic (exact) mass is 297 g/mol. The minimum absolute atomic E-state index is 0.0194. The summed E-state index contributed by atoms with van der Waals surface area (Å²) in [5.41, 5.74) is 0.220. The maximum absolute atomic E-state index is 12.9. The van der Waals surface area contributed by atoms with Crippen molar-refractivity contribution in [2.45, 2.75) is 12.8 Å². The molecule has 2 nitrogen and oxygen atoms in total. The Morgan fingerprint density at radius 2 is 1.95 bits per heavy atom. The Morgan fingerprint density at radius 1 is 1.26 bits per heavy atom. The third-order valence-corrected chi connectivity index (χ3v) is 2.57. The molecule has 1 aromatic carbocycles. The van der Waals surface area contributed by atoms with Crippen LogP contribution in [0.1, 0.15) is 5.56 Å². The van der Waals surface area contributed by atoms with Gasteiger partial charge in [-0.25, -0.2) is 17.6 Å². The fraction of sp³-hybridized carbons (Fsp3) is 0.417. The lowest BCUT2D eigenvalue weighted by molar-refractivity contribution is -0.132. The van der Waals surface area contributed by atoms with Crippen LogP contribution in [0.15, 0.2) is 18.2 Å². The number of nitrogens with zero attached hydrogens (tertiary/aromatic N) is 1. The molecule has 106 valence electrons. The van der Waals surface area contributed by atoms with Crippen LogP contribution in [0.4, 0.5) is 17.6 Å². The van der Waals surface area contributed by atoms with Crippen LogP contribution in [0.2, 0.25) is 0 Å². The van der Waals surface area contributed by atoms with Gasteiger partial charge in [-0.2, -0.15) is 0 Å². The quantitative estimate of drug-likeness (QED) is 0.584. The van der Waals surface area contributed by atoms with Crippen molar-refractivity contribution in [1.29, 1.82) is 0 Å². The van der Waals surface area contributed by atoms with Crippen molar-refractivity contribution in [1.82, 2.24) is 4.90 Å². The van der Waals surface area contributed by atoms with E-state index in [4.69, 9.17) is 11.6 Å². The van der Waals surface area contributed by atoms with Crippen LogP contribution in [0, 0.1) is 11.6 Å². The second kappa shape index (κ2) is 7.33. The van der Waals surface area contributed by atoms with Crippen LogP contribution in [0.3, 0.4) is 0 Å². The molecule has 1 amide bonds. The molecular formula is C12H12ClF4NO. The van der Waals surface area contributed by atoms with Gasteiger partial charge in [-0.3, -0.25) is 4.79 Å². The Hall–Kier alpha value is -1.30. The minimum atomic E-state index is -2.67. The summed E-state index contributed by atoms with van der Waals surface area (Å²) in [5, 5.41) is 0. The van der Waals surface area contributed by atoms with E-state index in [0.717, 1.165) is 17.0 Å². The zero-order valence-electron chi connectivity index (χ0n) is 9.88. The van der Waals surface area contributed by atoms with Gasteiger partial charge < -0.3 is 4.90 Å². The van der Waals surface area contributed by atoms with E-state index in [1.165, 1.54) is 6.07 Å². The second-order valence-electron chi connectivity index (χ2n) is 3.85. The first-order valence-electron chi connectivity index (χ1n) is 5.50. The fourth-order valence-electron chi connectivity index (χ4n) is 1.52. The lowest BCUT2D eigenvalue weighted by Crippen LogP contribution is -2.37. The Kier molecular flexibility index (Phi) is 6.08. The van der Waals surface area contributed by atoms with Crippen molar-refractivity contribution in [3.05, 3.63) is 35.4 Å². The molecular weight excluding hydrogens is 286 g/mol. The zero-order valence-corrected chi connectivity index (χ0v) is 10.6. The number of hydrogen-bond donors (Lipinski definition) is 0. The van der Waals surface area contributed by atoms with Crippen LogP contribution in [0.5, 0.6) is 0 Å². The number of carbonyl (C=O) groups is 1. The molecule has 0 aromatic heterocycles. The molecule has 1 aromatic rings. The first kappa shape index (κ1) is 15.8. The van der Waals surface area contributed by atoms with Gasteiger partial charge >= 0.3 is 0 Å². The first-order valence-corrected chi connectivity index (χ1v) is 6.03. The molecule has 0 bridgehead atoms. The average molecular weight is 298 g/mol. The Balaban J connectivity index is 2.72. The number of rotatable bonds is 6. The molecule has 19 heavy (non-hydrogen) atoms. The fourth-order valence-corrected chi connectivity index (χ4v) is 1.73. The highest BCUT2D eigenvalue weighted by atomic mass is 35.5. The van der Waals surface area contributed by atoms with Crippen molar-refractivity contribution >= 4 is 17.5 Å². The van der Waals surface area contributed by atoms with E-state index < -0.39 is 30.5 Å². The molecule has 7 heteroatoms. The Labute approximate surface area is 113 Å². The van der Waals surface area contributed by atoms with Gasteiger partial charge in [-0.1, -0.05) is 6.07 Å². The Bertz CT molecular complexity index is 442. The molecule has 0 spiro atoms. The molecule has 0 saturated heterocycles. The van der Waals surface area contributed by atoms with Crippen molar-refractivity contribution in [3.8, 4) is 0 Å². The third kappa shape index (κ3) is 5.06. The summed E-state index contributed by atoms with van der Waals surface area (Å²) in [6.07, 6.45) is -2.95. The summed E-state index contributed by atoms with van der Waals surface area (Å²) in [6, 6.07) is 2.99. The number of carbonyl (C=O) groups excluding carboxylic acids is 1. The van der Waals surface area contributed by atoms with Crippen LogP contribution in [0.25, 0.3) is 0 Å². The molecule has 0 aliphatic carbocycles. The molecule has 0 radical (unpaired) electrons. The maximum Gasteiger partial charge on any atom is 0.255 e. The number of hydrogen-bond acceptors (Lipinski definition) is 1. The molecule has 0 N–H and O–H groups in total. The normalized spacial score (nSPS) is 10.8. The average Bonchev–Trinajstić information content (AvgIpc) is 2.33. The van der Waals surface area contributed by atoms with Crippen LogP contribution < -0.4 is 0 Å². The van der Waals surface area contributed by atoms with Crippen LogP contribution >= 0.6 is 11.6 Å². The van der Waals surface area contributed by atoms with Crippen molar-refractivity contribution in [2.24, 2.45) is 0 Å². The van der Waals surface area contributed by atoms with E-state index in [1.54, 1.807) is 0 Å². The molecule has 0 aliphatic rings. The van der Waals surface area contributed by atoms with Crippen LogP contribution in [-0.2, 0) is 11.2 Å². The van der Waals surface area contributed by atoms with E-state index in [9.17, 15) is 22.4 Å². The molecule has 0 unspecified atom stereocenters. The lowest BCUT2D eigenvalue weighted by atomic mass is 10.1. The molecule has 0 atom stereocenters. The van der Waals surface area contributed by atoms with E-state index in [1.807, 2.05) is 0 Å². The van der Waals surface area contributed by atoms with E-state index in [2.05, 4.69) is 0 Å². The SMILES string of the molecule is O=C(Cc1ccc(F)c(F)c1)N(CCCl)CC(F)F. The third-order valence-electron chi connectivity index (χ3n) is 2.40. The van der Waals surface area contributed by atoms with Gasteiger partial charge in [-0.05, 0) is 17.7 Å². The highest BCUT2D eigenvalue weighted by molar-refractivity contribution is 6.18. The zero-order chi connectivity index (χ0) is 14.4. The second-order valence-corrected chi connectivity index (χ2v) is 4.22. The summed E-state index contributed by atoms with van der Waals surface area (Å²) in [4.78, 5) is 12.7. The van der Waals surface area contributed by atoms with Gasteiger partial charge in [0.2, 0.25) is 5.91 Å². The predicted octanol–water partition coefficient (Wildman–Crippen LogP) is 2.84. The molecule has 0 fully saturated rings. The summed E-state index contributed by atoms with van der Waals surface area (Å²) < 4.78 is 50.2. The van der Waals surface area contributed by atoms with Crippen molar-refractivity contribution in [3.63, 3.8) is 0 Å². The van der Waals surface area contributed by atoms with Crippen molar-refractivity contribution < 1.29 is 22.4 Å². The van der Waals surface area contributed by atoms with E-state index in [-0.39, 0.29) is 24.4 Å². The molecule has 1 rings (SSSR count). The van der Waals surface area contributed by atoms with Crippen LogP contribution in [-0.4, -0.2) is 36.2 Å². The number of alkyl halides is 3. The van der Waals surface area contributed by atoms with Gasteiger partial charge in [0.05, 0.1) is 13.0 Å².